The zero-order chi connectivity index (χ0) is 15.4. The van der Waals surface area contributed by atoms with Gasteiger partial charge in [-0.2, -0.15) is 5.26 Å². The van der Waals surface area contributed by atoms with Crippen molar-refractivity contribution in [1.82, 2.24) is 15.0 Å². The van der Waals surface area contributed by atoms with Crippen molar-refractivity contribution in [2.75, 3.05) is 7.11 Å². The van der Waals surface area contributed by atoms with Crippen LogP contribution in [0.3, 0.4) is 0 Å². The van der Waals surface area contributed by atoms with Gasteiger partial charge in [-0.1, -0.05) is 12.1 Å². The minimum absolute atomic E-state index is 0.573. The van der Waals surface area contributed by atoms with Crippen LogP contribution in [-0.2, 0) is 6.42 Å². The van der Waals surface area contributed by atoms with Crippen molar-refractivity contribution in [2.24, 2.45) is 0 Å². The molecule has 3 aromatic rings. The van der Waals surface area contributed by atoms with Gasteiger partial charge in [-0.3, -0.25) is 4.98 Å². The van der Waals surface area contributed by atoms with Crippen LogP contribution < -0.4 is 4.74 Å². The lowest BCUT2D eigenvalue weighted by atomic mass is 10.1. The Morgan fingerprint density at radius 1 is 1.18 bits per heavy atom. The molecule has 2 heterocycles. The highest BCUT2D eigenvalue weighted by molar-refractivity contribution is 5.59. The zero-order valence-corrected chi connectivity index (χ0v) is 12.1. The Hall–Kier alpha value is -3.13. The molecule has 22 heavy (non-hydrogen) atoms. The lowest BCUT2D eigenvalue weighted by molar-refractivity contribution is 0.414. The van der Waals surface area contributed by atoms with Crippen molar-refractivity contribution in [3.8, 4) is 23.2 Å². The molecule has 5 nitrogen and oxygen atoms in total. The van der Waals surface area contributed by atoms with Crippen LogP contribution in [0, 0.1) is 11.3 Å². The molecular weight excluding hydrogens is 276 g/mol. The topological polar surface area (TPSA) is 74.6 Å². The smallest absolute Gasteiger partial charge is 0.118 e. The Labute approximate surface area is 128 Å². The van der Waals surface area contributed by atoms with Crippen LogP contribution in [0.2, 0.25) is 0 Å². The van der Waals surface area contributed by atoms with E-state index in [1.165, 1.54) is 0 Å². The fourth-order valence-corrected chi connectivity index (χ4v) is 2.25. The second kappa shape index (κ2) is 6.10. The van der Waals surface area contributed by atoms with Gasteiger partial charge in [0.2, 0.25) is 0 Å². The molecule has 0 saturated heterocycles. The van der Waals surface area contributed by atoms with E-state index < -0.39 is 0 Å². The molecule has 0 aliphatic carbocycles. The summed E-state index contributed by atoms with van der Waals surface area (Å²) in [6.45, 7) is 0. The van der Waals surface area contributed by atoms with Gasteiger partial charge in [0, 0.05) is 18.3 Å². The van der Waals surface area contributed by atoms with E-state index in [-0.39, 0.29) is 0 Å². The Balaban J connectivity index is 1.89. The molecule has 0 bridgehead atoms. The number of methoxy groups -OCH3 is 1. The van der Waals surface area contributed by atoms with Gasteiger partial charge in [0.05, 0.1) is 30.8 Å². The number of aromatic nitrogens is 3. The number of pyridine rings is 1. The van der Waals surface area contributed by atoms with Gasteiger partial charge in [0.1, 0.15) is 11.4 Å². The number of ether oxygens (including phenoxy) is 1. The van der Waals surface area contributed by atoms with E-state index in [4.69, 9.17) is 10.00 Å². The van der Waals surface area contributed by atoms with Crippen molar-refractivity contribution in [2.45, 2.75) is 6.42 Å². The summed E-state index contributed by atoms with van der Waals surface area (Å²) in [5.74, 6) is 0.831. The molecule has 0 radical (unpaired) electrons. The van der Waals surface area contributed by atoms with Crippen LogP contribution in [0.5, 0.6) is 5.75 Å². The molecule has 1 aromatic carbocycles. The third-order valence-electron chi connectivity index (χ3n) is 3.39. The van der Waals surface area contributed by atoms with Gasteiger partial charge >= 0.3 is 0 Å². The molecule has 0 unspecified atom stereocenters. The Kier molecular flexibility index (Phi) is 3.84. The van der Waals surface area contributed by atoms with E-state index in [1.807, 2.05) is 24.3 Å². The van der Waals surface area contributed by atoms with Crippen LogP contribution >= 0.6 is 0 Å². The van der Waals surface area contributed by atoms with Crippen molar-refractivity contribution in [1.29, 1.82) is 5.26 Å². The molecule has 3 rings (SSSR count). The third-order valence-corrected chi connectivity index (χ3v) is 3.39. The van der Waals surface area contributed by atoms with Crippen molar-refractivity contribution in [3.05, 3.63) is 65.7 Å². The monoisotopic (exact) mass is 290 g/mol. The first kappa shape index (κ1) is 13.8. The van der Waals surface area contributed by atoms with Crippen molar-refractivity contribution < 1.29 is 4.74 Å². The third kappa shape index (κ3) is 2.81. The van der Waals surface area contributed by atoms with Crippen molar-refractivity contribution in [3.63, 3.8) is 0 Å². The van der Waals surface area contributed by atoms with E-state index in [2.05, 4.69) is 21.0 Å². The van der Waals surface area contributed by atoms with Gasteiger partial charge in [-0.05, 0) is 29.8 Å². The first-order valence-corrected chi connectivity index (χ1v) is 6.82. The van der Waals surface area contributed by atoms with E-state index in [0.29, 0.717) is 17.7 Å². The first-order chi connectivity index (χ1) is 10.8. The first-order valence-electron chi connectivity index (χ1n) is 6.82. The Morgan fingerprint density at radius 3 is 2.73 bits per heavy atom. The predicted octanol–water partition coefficient (Wildman–Crippen LogP) is 2.94. The quantitative estimate of drug-likeness (QED) is 0.801. The SMILES string of the molecule is COc1ccc(Cc2[nH]cnc2-c2cc(C#N)ccn2)cc1. The molecule has 0 fully saturated rings. The fourth-order valence-electron chi connectivity index (χ4n) is 2.25. The number of aromatic amines is 1. The molecule has 2 aromatic heterocycles. The molecule has 1 N–H and O–H groups in total. The summed E-state index contributed by atoms with van der Waals surface area (Å²) in [7, 11) is 1.65. The summed E-state index contributed by atoms with van der Waals surface area (Å²) >= 11 is 0. The zero-order valence-electron chi connectivity index (χ0n) is 12.1. The molecule has 0 aliphatic heterocycles. The second-order valence-corrected chi connectivity index (χ2v) is 4.80. The molecule has 0 aliphatic rings. The summed E-state index contributed by atoms with van der Waals surface area (Å²) < 4.78 is 5.16. The van der Waals surface area contributed by atoms with Gasteiger partial charge in [-0.25, -0.2) is 4.98 Å². The molecular formula is C17H14N4O. The number of hydrogen-bond donors (Lipinski definition) is 1. The van der Waals surface area contributed by atoms with Crippen LogP contribution in [0.25, 0.3) is 11.4 Å². The summed E-state index contributed by atoms with van der Waals surface area (Å²) in [6, 6.07) is 13.4. The number of nitrogens with one attached hydrogen (secondary N) is 1. The van der Waals surface area contributed by atoms with Gasteiger partial charge in [0.25, 0.3) is 0 Å². The van der Waals surface area contributed by atoms with Crippen LogP contribution in [0.1, 0.15) is 16.8 Å². The average molecular weight is 290 g/mol. The molecule has 0 saturated carbocycles. The van der Waals surface area contributed by atoms with Crippen LogP contribution in [0.4, 0.5) is 0 Å². The molecule has 5 heteroatoms. The van der Waals surface area contributed by atoms with E-state index in [0.717, 1.165) is 22.7 Å². The van der Waals surface area contributed by atoms with Gasteiger partial charge in [0.15, 0.2) is 0 Å². The lowest BCUT2D eigenvalue weighted by Crippen LogP contribution is -1.94. The summed E-state index contributed by atoms with van der Waals surface area (Å²) in [5, 5.41) is 9.00. The average Bonchev–Trinajstić information content (AvgIpc) is 3.04. The van der Waals surface area contributed by atoms with E-state index in [9.17, 15) is 0 Å². The van der Waals surface area contributed by atoms with Gasteiger partial charge < -0.3 is 9.72 Å². The van der Waals surface area contributed by atoms with Gasteiger partial charge in [-0.15, -0.1) is 0 Å². The van der Waals surface area contributed by atoms with Crippen molar-refractivity contribution >= 4 is 0 Å². The summed E-state index contributed by atoms with van der Waals surface area (Å²) in [6.07, 6.45) is 3.98. The van der Waals surface area contributed by atoms with E-state index >= 15 is 0 Å². The number of imidazole rings is 1. The molecule has 0 amide bonds. The maximum Gasteiger partial charge on any atom is 0.118 e. The fraction of sp³-hybridized carbons (Fsp3) is 0.118. The minimum Gasteiger partial charge on any atom is -0.497 e. The standard InChI is InChI=1S/C17H14N4O/c1-22-14-4-2-12(3-5-14)8-16-17(21-11-20-16)15-9-13(10-18)6-7-19-15/h2-7,9,11H,8H2,1H3,(H,20,21). The normalized spacial score (nSPS) is 10.2. The highest BCUT2D eigenvalue weighted by Gasteiger charge is 2.11. The minimum atomic E-state index is 0.573. The largest absolute Gasteiger partial charge is 0.497 e. The maximum absolute atomic E-state index is 9.00. The summed E-state index contributed by atoms with van der Waals surface area (Å²) in [4.78, 5) is 11.8. The molecule has 0 spiro atoms. The maximum atomic E-state index is 9.00. The number of H-pyrrole nitrogens is 1. The Morgan fingerprint density at radius 2 is 2.00 bits per heavy atom. The van der Waals surface area contributed by atoms with Crippen LogP contribution in [0.15, 0.2) is 48.9 Å². The highest BCUT2D eigenvalue weighted by Crippen LogP contribution is 2.22. The lowest BCUT2D eigenvalue weighted by Gasteiger charge is -2.05. The summed E-state index contributed by atoms with van der Waals surface area (Å²) in [5.41, 5.74) is 4.15. The molecule has 108 valence electrons. The predicted molar refractivity (Wildman–Crippen MR) is 82.3 cm³/mol. The number of nitrogens with zero attached hydrogens (tertiary/aromatic N) is 3. The highest BCUT2D eigenvalue weighted by atomic mass is 16.5. The second-order valence-electron chi connectivity index (χ2n) is 4.80. The molecule has 0 atom stereocenters. The number of rotatable bonds is 4. The number of nitriles is 1. The number of hydrogen-bond acceptors (Lipinski definition) is 4. The number of benzene rings is 1. The Bertz CT molecular complexity index is 815. The van der Waals surface area contributed by atoms with Crippen LogP contribution in [-0.4, -0.2) is 22.1 Å². The van der Waals surface area contributed by atoms with E-state index in [1.54, 1.807) is 31.8 Å².